The molecule has 0 saturated carbocycles. The lowest BCUT2D eigenvalue weighted by atomic mass is 10.1. The highest BCUT2D eigenvalue weighted by Crippen LogP contribution is 2.32. The molecule has 0 bridgehead atoms. The van der Waals surface area contributed by atoms with Gasteiger partial charge in [0.2, 0.25) is 6.79 Å². The summed E-state index contributed by atoms with van der Waals surface area (Å²) in [5.41, 5.74) is 2.19. The quantitative estimate of drug-likeness (QED) is 0.0357. The van der Waals surface area contributed by atoms with Crippen molar-refractivity contribution in [3.05, 3.63) is 145 Å². The summed E-state index contributed by atoms with van der Waals surface area (Å²) in [6.07, 6.45) is 0.459. The van der Waals surface area contributed by atoms with E-state index < -0.39 is 54.3 Å². The second kappa shape index (κ2) is 21.2. The minimum Gasteiger partial charge on any atom is -0.485 e. The van der Waals surface area contributed by atoms with Crippen LogP contribution in [0, 0.1) is 0 Å². The van der Waals surface area contributed by atoms with Gasteiger partial charge in [0.15, 0.2) is 24.6 Å². The third-order valence-corrected chi connectivity index (χ3v) is 9.41. The van der Waals surface area contributed by atoms with Gasteiger partial charge in [0.05, 0.1) is 24.3 Å². The zero-order valence-electron chi connectivity index (χ0n) is 32.9. The fourth-order valence-electron chi connectivity index (χ4n) is 6.15. The first-order valence-electron chi connectivity index (χ1n) is 19.2. The molecule has 15 nitrogen and oxygen atoms in total. The van der Waals surface area contributed by atoms with E-state index in [1.54, 1.807) is 48.5 Å². The van der Waals surface area contributed by atoms with E-state index in [4.69, 9.17) is 42.6 Å². The molecule has 0 amide bonds. The smallest absolute Gasteiger partial charge is 0.338 e. The Morgan fingerprint density at radius 3 is 1.41 bits per heavy atom. The third kappa shape index (κ3) is 12.7. The number of carbonyl (C=O) groups is 6. The number of ketones is 1. The van der Waals surface area contributed by atoms with Crippen LogP contribution in [0.15, 0.2) is 122 Å². The highest BCUT2D eigenvalue weighted by molar-refractivity contribution is 5.91. The number of hydrogen-bond donors (Lipinski definition) is 0. The Labute approximate surface area is 350 Å². The van der Waals surface area contributed by atoms with Crippen molar-refractivity contribution in [3.8, 4) is 23.0 Å². The van der Waals surface area contributed by atoms with Gasteiger partial charge < -0.3 is 42.6 Å². The monoisotopic (exact) mass is 834 g/mol. The highest BCUT2D eigenvalue weighted by Gasteiger charge is 2.51. The molecule has 6 rings (SSSR count). The normalized spacial score (nSPS) is 17.5. The molecule has 0 aliphatic carbocycles. The first kappa shape index (κ1) is 43.5. The number of fused-ring (bicyclic) bond motifs is 1. The molecule has 4 aromatic carbocycles. The lowest BCUT2D eigenvalue weighted by molar-refractivity contribution is -0.144. The number of hydrogen-bond acceptors (Lipinski definition) is 15. The SMILES string of the molecule is C=CC(=O)COc1ccc(CCC(=O)Oc2ccc(C(=O)O[C@H]3CO[C@H]4[C@@H]3OC[C@H]4OC(=O)c3ccc(OC(=O)CCc4ccc(OCOC(=O)C=C)cc4)cc3)cc2)cc1. The Bertz CT molecular complexity index is 2200. The van der Waals surface area contributed by atoms with E-state index in [9.17, 15) is 28.8 Å². The van der Waals surface area contributed by atoms with Crippen LogP contribution in [0.5, 0.6) is 23.0 Å². The molecule has 0 spiro atoms. The van der Waals surface area contributed by atoms with Gasteiger partial charge >= 0.3 is 29.8 Å². The van der Waals surface area contributed by atoms with Crippen LogP contribution in [0.2, 0.25) is 0 Å². The molecule has 316 valence electrons. The standard InChI is InChI=1S/C46H42O15/c1-3-33(47)25-53-34-15-5-29(6-16-34)9-23-41(49)58-36-19-11-31(12-20-36)45(51)60-38-26-54-44-39(27-55-43(38)44)61-46(52)32-13-21-37(22-14-32)59-42(50)24-10-30-7-17-35(18-8-30)56-28-57-40(48)4-2/h3-8,11-22,38-39,43-44H,1-2,9-10,23-28H2/t38-,39+,43+,44+/m0/s1. The van der Waals surface area contributed by atoms with E-state index in [2.05, 4.69) is 13.2 Å². The topological polar surface area (TPSA) is 185 Å². The van der Waals surface area contributed by atoms with E-state index >= 15 is 0 Å². The number of rotatable bonds is 20. The van der Waals surface area contributed by atoms with Crippen LogP contribution < -0.4 is 18.9 Å². The van der Waals surface area contributed by atoms with Gasteiger partial charge in [-0.1, -0.05) is 37.4 Å². The molecule has 2 heterocycles. The zero-order valence-corrected chi connectivity index (χ0v) is 32.9. The van der Waals surface area contributed by atoms with Crippen LogP contribution in [-0.2, 0) is 55.7 Å². The predicted octanol–water partition coefficient (Wildman–Crippen LogP) is 5.51. The van der Waals surface area contributed by atoms with Crippen molar-refractivity contribution in [2.24, 2.45) is 0 Å². The zero-order chi connectivity index (χ0) is 43.1. The maximum atomic E-state index is 13.0. The molecule has 2 saturated heterocycles. The molecule has 2 fully saturated rings. The summed E-state index contributed by atoms with van der Waals surface area (Å²) in [6.45, 7) is 6.43. The average molecular weight is 835 g/mol. The van der Waals surface area contributed by atoms with Gasteiger partial charge in [-0.15, -0.1) is 0 Å². The number of carbonyl (C=O) groups excluding carboxylic acids is 6. The molecule has 15 heteroatoms. The summed E-state index contributed by atoms with van der Waals surface area (Å²) >= 11 is 0. The summed E-state index contributed by atoms with van der Waals surface area (Å²) in [7, 11) is 0. The molecule has 0 unspecified atom stereocenters. The van der Waals surface area contributed by atoms with Gasteiger partial charge in [0, 0.05) is 18.9 Å². The van der Waals surface area contributed by atoms with E-state index in [0.29, 0.717) is 24.3 Å². The molecule has 2 aliphatic heterocycles. The Balaban J connectivity index is 0.885. The van der Waals surface area contributed by atoms with E-state index in [1.807, 2.05) is 0 Å². The summed E-state index contributed by atoms with van der Waals surface area (Å²) in [6, 6.07) is 25.9. The Kier molecular flexibility index (Phi) is 15.1. The van der Waals surface area contributed by atoms with Crippen LogP contribution in [-0.4, -0.2) is 86.7 Å². The van der Waals surface area contributed by atoms with Crippen LogP contribution in [0.25, 0.3) is 0 Å². The maximum Gasteiger partial charge on any atom is 0.338 e. The van der Waals surface area contributed by atoms with Crippen LogP contribution >= 0.6 is 0 Å². The van der Waals surface area contributed by atoms with E-state index in [-0.39, 0.29) is 67.9 Å². The van der Waals surface area contributed by atoms with Gasteiger partial charge in [-0.05, 0) is 103 Å². The second-order valence-electron chi connectivity index (χ2n) is 13.7. The van der Waals surface area contributed by atoms with Crippen molar-refractivity contribution >= 4 is 35.6 Å². The number of esters is 5. The fourth-order valence-corrected chi connectivity index (χ4v) is 6.15. The minimum atomic E-state index is -0.754. The molecule has 4 atom stereocenters. The Hall–Kier alpha value is -7.10. The summed E-state index contributed by atoms with van der Waals surface area (Å²) in [5, 5.41) is 0. The van der Waals surface area contributed by atoms with E-state index in [1.165, 1.54) is 54.6 Å². The van der Waals surface area contributed by atoms with Gasteiger partial charge in [-0.25, -0.2) is 14.4 Å². The molecule has 0 aromatic heterocycles. The van der Waals surface area contributed by atoms with Gasteiger partial charge in [0.1, 0.15) is 35.2 Å². The Morgan fingerprint density at radius 1 is 0.557 bits per heavy atom. The molecular weight excluding hydrogens is 792 g/mol. The van der Waals surface area contributed by atoms with Gasteiger partial charge in [-0.2, -0.15) is 0 Å². The lowest BCUT2D eigenvalue weighted by Crippen LogP contribution is -2.36. The molecule has 2 aliphatic rings. The van der Waals surface area contributed by atoms with Gasteiger partial charge in [-0.3, -0.25) is 14.4 Å². The van der Waals surface area contributed by atoms with Crippen molar-refractivity contribution in [2.45, 2.75) is 50.1 Å². The molecular formula is C46H42O15. The first-order chi connectivity index (χ1) is 29.6. The molecule has 0 N–H and O–H groups in total. The van der Waals surface area contributed by atoms with Crippen LogP contribution in [0.4, 0.5) is 0 Å². The highest BCUT2D eigenvalue weighted by atomic mass is 16.7. The van der Waals surface area contributed by atoms with Gasteiger partial charge in [0.25, 0.3) is 0 Å². The van der Waals surface area contributed by atoms with Crippen molar-refractivity contribution in [1.29, 1.82) is 0 Å². The largest absolute Gasteiger partial charge is 0.485 e. The molecule has 61 heavy (non-hydrogen) atoms. The maximum absolute atomic E-state index is 13.0. The van der Waals surface area contributed by atoms with Crippen LogP contribution in [0.1, 0.15) is 44.7 Å². The molecule has 0 radical (unpaired) electrons. The fraction of sp³-hybridized carbons (Fsp3) is 0.261. The van der Waals surface area contributed by atoms with Crippen LogP contribution in [0.3, 0.4) is 0 Å². The minimum absolute atomic E-state index is 0.0315. The third-order valence-electron chi connectivity index (χ3n) is 9.41. The summed E-state index contributed by atoms with van der Waals surface area (Å²) in [5.74, 6) is -1.48. The van der Waals surface area contributed by atoms with Crippen molar-refractivity contribution < 1.29 is 71.4 Å². The second-order valence-corrected chi connectivity index (χ2v) is 13.7. The number of benzene rings is 4. The summed E-state index contributed by atoms with van der Waals surface area (Å²) < 4.78 is 49.3. The first-order valence-corrected chi connectivity index (χ1v) is 19.2. The Morgan fingerprint density at radius 2 is 0.984 bits per heavy atom. The van der Waals surface area contributed by atoms with Crippen molar-refractivity contribution in [3.63, 3.8) is 0 Å². The van der Waals surface area contributed by atoms with Crippen molar-refractivity contribution in [2.75, 3.05) is 26.6 Å². The summed E-state index contributed by atoms with van der Waals surface area (Å²) in [4.78, 5) is 73.4. The average Bonchev–Trinajstić information content (AvgIpc) is 3.87. The number of ether oxygens (including phenoxy) is 9. The lowest BCUT2D eigenvalue weighted by Gasteiger charge is -2.17. The number of aryl methyl sites for hydroxylation is 2. The molecule has 4 aromatic rings. The predicted molar refractivity (Wildman–Crippen MR) is 214 cm³/mol. The van der Waals surface area contributed by atoms with E-state index in [0.717, 1.165) is 17.2 Å². The van der Waals surface area contributed by atoms with Crippen molar-refractivity contribution in [1.82, 2.24) is 0 Å².